The van der Waals surface area contributed by atoms with Crippen LogP contribution >= 0.6 is 0 Å². The van der Waals surface area contributed by atoms with E-state index in [-0.39, 0.29) is 17.4 Å². The number of likely N-dealkylation sites (tertiary alicyclic amines) is 1. The molecule has 0 radical (unpaired) electrons. The highest BCUT2D eigenvalue weighted by molar-refractivity contribution is 5.78. The third kappa shape index (κ3) is 2.46. The van der Waals surface area contributed by atoms with Crippen LogP contribution in [0.2, 0.25) is 0 Å². The molecule has 21 heavy (non-hydrogen) atoms. The van der Waals surface area contributed by atoms with Gasteiger partial charge in [-0.3, -0.25) is 10.7 Å². The summed E-state index contributed by atoms with van der Waals surface area (Å²) in [5.74, 6) is 6.12. The maximum atomic E-state index is 13.8. The van der Waals surface area contributed by atoms with Gasteiger partial charge in [-0.25, -0.2) is 9.82 Å². The average Bonchev–Trinajstić information content (AvgIpc) is 3.08. The van der Waals surface area contributed by atoms with Crippen LogP contribution in [0.4, 0.5) is 4.39 Å². The zero-order valence-corrected chi connectivity index (χ0v) is 12.5. The van der Waals surface area contributed by atoms with Crippen molar-refractivity contribution in [1.82, 2.24) is 10.3 Å². The Bertz CT molecular complexity index is 631. The van der Waals surface area contributed by atoms with Crippen LogP contribution in [-0.4, -0.2) is 23.5 Å². The Hall–Kier alpha value is -1.43. The number of furan rings is 1. The number of nitrogens with one attached hydrogen (secondary N) is 1. The fourth-order valence-corrected chi connectivity index (χ4v) is 3.30. The SMILES string of the molecule is CC(C)(C(NN)c1cc2cccc(F)c2o1)N1CCCC1. The summed E-state index contributed by atoms with van der Waals surface area (Å²) in [5, 5.41) is 0.766. The molecule has 1 aromatic carbocycles. The predicted molar refractivity (Wildman–Crippen MR) is 81.1 cm³/mol. The molecule has 4 nitrogen and oxygen atoms in total. The van der Waals surface area contributed by atoms with Gasteiger partial charge in [-0.05, 0) is 51.9 Å². The highest BCUT2D eigenvalue weighted by Gasteiger charge is 2.39. The third-order valence-corrected chi connectivity index (χ3v) is 4.59. The van der Waals surface area contributed by atoms with E-state index in [1.807, 2.05) is 12.1 Å². The third-order valence-electron chi connectivity index (χ3n) is 4.59. The topological polar surface area (TPSA) is 54.4 Å². The molecule has 3 rings (SSSR count). The van der Waals surface area contributed by atoms with Crippen molar-refractivity contribution < 1.29 is 8.81 Å². The van der Waals surface area contributed by atoms with Crippen LogP contribution in [0.5, 0.6) is 0 Å². The van der Waals surface area contributed by atoms with Gasteiger partial charge in [-0.15, -0.1) is 0 Å². The van der Waals surface area contributed by atoms with E-state index < -0.39 is 0 Å². The standard InChI is InChI=1S/C16H22FN3O/c1-16(2,20-8-3-4-9-20)15(19-18)13-10-11-6-5-7-12(17)14(11)21-13/h5-7,10,15,19H,3-4,8-9,18H2,1-2H3. The number of halogens is 1. The zero-order chi connectivity index (χ0) is 15.0. The van der Waals surface area contributed by atoms with Crippen molar-refractivity contribution in [2.45, 2.75) is 38.3 Å². The summed E-state index contributed by atoms with van der Waals surface area (Å²) in [6, 6.07) is 6.63. The van der Waals surface area contributed by atoms with E-state index in [1.54, 1.807) is 6.07 Å². The largest absolute Gasteiger partial charge is 0.456 e. The number of para-hydroxylation sites is 1. The average molecular weight is 291 g/mol. The van der Waals surface area contributed by atoms with Gasteiger partial charge in [0.2, 0.25) is 0 Å². The van der Waals surface area contributed by atoms with Gasteiger partial charge < -0.3 is 4.42 Å². The Kier molecular flexibility index (Phi) is 3.73. The summed E-state index contributed by atoms with van der Waals surface area (Å²) >= 11 is 0. The lowest BCUT2D eigenvalue weighted by molar-refractivity contribution is 0.0970. The number of nitrogens with two attached hydrogens (primary N) is 1. The molecular formula is C16H22FN3O. The van der Waals surface area contributed by atoms with Crippen LogP contribution in [0.15, 0.2) is 28.7 Å². The predicted octanol–water partition coefficient (Wildman–Crippen LogP) is 2.95. The van der Waals surface area contributed by atoms with Gasteiger partial charge in [0, 0.05) is 10.9 Å². The molecule has 1 saturated heterocycles. The van der Waals surface area contributed by atoms with Crippen molar-refractivity contribution in [2.75, 3.05) is 13.1 Å². The second kappa shape index (κ2) is 5.40. The molecule has 2 heterocycles. The summed E-state index contributed by atoms with van der Waals surface area (Å²) in [6.07, 6.45) is 2.41. The van der Waals surface area contributed by atoms with Crippen LogP contribution in [0.3, 0.4) is 0 Å². The van der Waals surface area contributed by atoms with Crippen molar-refractivity contribution in [3.8, 4) is 0 Å². The first kappa shape index (κ1) is 14.5. The molecule has 0 aliphatic carbocycles. The van der Waals surface area contributed by atoms with Crippen molar-refractivity contribution in [2.24, 2.45) is 5.84 Å². The summed E-state index contributed by atoms with van der Waals surface area (Å²) in [5.41, 5.74) is 2.96. The van der Waals surface area contributed by atoms with Crippen LogP contribution in [0.1, 0.15) is 38.5 Å². The quantitative estimate of drug-likeness (QED) is 0.672. The van der Waals surface area contributed by atoms with Gasteiger partial charge >= 0.3 is 0 Å². The number of fused-ring (bicyclic) bond motifs is 1. The summed E-state index contributed by atoms with van der Waals surface area (Å²) in [4.78, 5) is 2.40. The fourth-order valence-electron chi connectivity index (χ4n) is 3.30. The van der Waals surface area contributed by atoms with E-state index in [2.05, 4.69) is 24.2 Å². The van der Waals surface area contributed by atoms with Crippen LogP contribution < -0.4 is 11.3 Å². The highest BCUT2D eigenvalue weighted by atomic mass is 19.1. The first-order chi connectivity index (χ1) is 10.0. The van der Waals surface area contributed by atoms with Gasteiger partial charge in [0.25, 0.3) is 0 Å². The van der Waals surface area contributed by atoms with Crippen LogP contribution in [0, 0.1) is 5.82 Å². The minimum atomic E-state index is -0.339. The molecule has 1 aliphatic rings. The molecule has 114 valence electrons. The Morgan fingerprint density at radius 2 is 2.05 bits per heavy atom. The maximum Gasteiger partial charge on any atom is 0.169 e. The van der Waals surface area contributed by atoms with E-state index in [0.29, 0.717) is 11.3 Å². The first-order valence-corrected chi connectivity index (χ1v) is 7.43. The van der Waals surface area contributed by atoms with E-state index in [0.717, 1.165) is 18.5 Å². The van der Waals surface area contributed by atoms with Crippen molar-refractivity contribution in [1.29, 1.82) is 0 Å². The van der Waals surface area contributed by atoms with Crippen molar-refractivity contribution in [3.05, 3.63) is 35.8 Å². The molecule has 1 fully saturated rings. The van der Waals surface area contributed by atoms with E-state index >= 15 is 0 Å². The Balaban J connectivity index is 1.99. The van der Waals surface area contributed by atoms with Crippen LogP contribution in [0.25, 0.3) is 11.0 Å². The Morgan fingerprint density at radius 3 is 2.67 bits per heavy atom. The number of hydrogen-bond acceptors (Lipinski definition) is 4. The molecule has 1 aromatic heterocycles. The first-order valence-electron chi connectivity index (χ1n) is 7.43. The van der Waals surface area contributed by atoms with Gasteiger partial charge in [0.1, 0.15) is 5.76 Å². The van der Waals surface area contributed by atoms with Gasteiger partial charge in [-0.2, -0.15) is 0 Å². The molecule has 5 heteroatoms. The van der Waals surface area contributed by atoms with E-state index in [9.17, 15) is 4.39 Å². The summed E-state index contributed by atoms with van der Waals surface area (Å²) in [7, 11) is 0. The molecule has 0 amide bonds. The normalized spacial score (nSPS) is 18.5. The van der Waals surface area contributed by atoms with Crippen molar-refractivity contribution in [3.63, 3.8) is 0 Å². The van der Waals surface area contributed by atoms with Gasteiger partial charge in [0.05, 0.1) is 6.04 Å². The molecule has 0 spiro atoms. The number of benzene rings is 1. The number of hydrogen-bond donors (Lipinski definition) is 2. The second-order valence-electron chi connectivity index (χ2n) is 6.25. The molecule has 3 N–H and O–H groups in total. The fraction of sp³-hybridized carbons (Fsp3) is 0.500. The maximum absolute atomic E-state index is 13.8. The van der Waals surface area contributed by atoms with Crippen molar-refractivity contribution >= 4 is 11.0 Å². The Morgan fingerprint density at radius 1 is 1.33 bits per heavy atom. The molecule has 2 aromatic rings. The lowest BCUT2D eigenvalue weighted by Gasteiger charge is -2.40. The minimum absolute atomic E-state index is 0.192. The smallest absolute Gasteiger partial charge is 0.169 e. The van der Waals surface area contributed by atoms with E-state index in [1.165, 1.54) is 18.9 Å². The molecular weight excluding hydrogens is 269 g/mol. The van der Waals surface area contributed by atoms with Gasteiger partial charge in [-0.1, -0.05) is 12.1 Å². The minimum Gasteiger partial charge on any atom is -0.456 e. The number of nitrogens with zero attached hydrogens (tertiary/aromatic N) is 1. The molecule has 0 saturated carbocycles. The molecule has 1 atom stereocenters. The highest BCUT2D eigenvalue weighted by Crippen LogP contribution is 2.36. The number of hydrazine groups is 1. The summed E-state index contributed by atoms with van der Waals surface area (Å²) < 4.78 is 19.6. The molecule has 0 bridgehead atoms. The molecule has 1 unspecified atom stereocenters. The number of rotatable bonds is 4. The lowest BCUT2D eigenvalue weighted by Crippen LogP contribution is -2.53. The Labute approximate surface area is 124 Å². The van der Waals surface area contributed by atoms with E-state index in [4.69, 9.17) is 10.3 Å². The zero-order valence-electron chi connectivity index (χ0n) is 12.5. The van der Waals surface area contributed by atoms with Gasteiger partial charge in [0.15, 0.2) is 11.4 Å². The monoisotopic (exact) mass is 291 g/mol. The molecule has 1 aliphatic heterocycles. The summed E-state index contributed by atoms with van der Waals surface area (Å²) in [6.45, 7) is 6.40. The second-order valence-corrected chi connectivity index (χ2v) is 6.25. The lowest BCUT2D eigenvalue weighted by atomic mass is 9.91. The van der Waals surface area contributed by atoms with Crippen LogP contribution in [-0.2, 0) is 0 Å².